The number of carbonyl (C=O) groups excluding carboxylic acids is 2. The van der Waals surface area contributed by atoms with Crippen molar-refractivity contribution in [3.63, 3.8) is 0 Å². The van der Waals surface area contributed by atoms with Crippen LogP contribution in [0, 0.1) is 0 Å². The maximum absolute atomic E-state index is 14.2. The van der Waals surface area contributed by atoms with Gasteiger partial charge in [0.15, 0.2) is 0 Å². The molecule has 0 fully saturated rings. The molecule has 0 aromatic heterocycles. The Kier molecular flexibility index (Phi) is 8.42. The molecule has 3 rings (SSSR count). The van der Waals surface area contributed by atoms with E-state index in [4.69, 9.17) is 28.0 Å². The highest BCUT2D eigenvalue weighted by Crippen LogP contribution is 2.50. The molecule has 1 aliphatic rings. The highest BCUT2D eigenvalue weighted by Gasteiger charge is 2.62. The number of amides is 2. The van der Waals surface area contributed by atoms with Gasteiger partial charge in [0.25, 0.3) is 17.4 Å². The third-order valence-corrected chi connectivity index (χ3v) is 5.86. The van der Waals surface area contributed by atoms with E-state index in [2.05, 4.69) is 5.16 Å². The summed E-state index contributed by atoms with van der Waals surface area (Å²) in [5.41, 5.74) is -7.09. The zero-order valence-corrected chi connectivity index (χ0v) is 21.0. The van der Waals surface area contributed by atoms with Crippen LogP contribution in [0.2, 0.25) is 10.0 Å². The van der Waals surface area contributed by atoms with Gasteiger partial charge in [0.1, 0.15) is 0 Å². The molecule has 39 heavy (non-hydrogen) atoms. The van der Waals surface area contributed by atoms with Crippen molar-refractivity contribution in [3.05, 3.63) is 68.7 Å². The summed E-state index contributed by atoms with van der Waals surface area (Å²) in [7, 11) is 0. The summed E-state index contributed by atoms with van der Waals surface area (Å²) in [6.45, 7) is -1.45. The lowest BCUT2D eigenvalue weighted by atomic mass is 9.86. The molecular weight excluding hydrogens is 589 g/mol. The number of hydrogen-bond acceptors (Lipinski definition) is 4. The first-order chi connectivity index (χ1) is 17.8. The monoisotopic (exact) mass is 605 g/mol. The molecule has 1 aliphatic heterocycles. The average Bonchev–Trinajstić information content (AvgIpc) is 3.26. The first kappa shape index (κ1) is 30.4. The molecule has 16 heteroatoms. The number of nitrogens with one attached hydrogen (secondary N) is 2. The van der Waals surface area contributed by atoms with E-state index in [0.717, 1.165) is 18.2 Å². The van der Waals surface area contributed by atoms with Crippen LogP contribution in [0.4, 0.5) is 35.1 Å². The Morgan fingerprint density at radius 1 is 0.974 bits per heavy atom. The average molecular weight is 606 g/mol. The predicted molar refractivity (Wildman–Crippen MR) is 124 cm³/mol. The van der Waals surface area contributed by atoms with Crippen LogP contribution in [-0.2, 0) is 21.4 Å². The van der Waals surface area contributed by atoms with Crippen molar-refractivity contribution in [2.75, 3.05) is 13.1 Å². The third kappa shape index (κ3) is 7.10. The highest BCUT2D eigenvalue weighted by molar-refractivity contribution is 6.34. The molecule has 0 spiro atoms. The van der Waals surface area contributed by atoms with Crippen molar-refractivity contribution in [2.45, 2.75) is 37.2 Å². The number of oxime groups is 1. The normalized spacial score (nSPS) is 17.9. The van der Waals surface area contributed by atoms with Gasteiger partial charge in [-0.2, -0.15) is 26.3 Å². The zero-order chi connectivity index (χ0) is 29.4. The van der Waals surface area contributed by atoms with Crippen molar-refractivity contribution in [1.82, 2.24) is 10.6 Å². The Bertz CT molecular complexity index is 1290. The molecule has 212 valence electrons. The Hall–Kier alpha value is -3.13. The van der Waals surface area contributed by atoms with Gasteiger partial charge < -0.3 is 15.5 Å². The Morgan fingerprint density at radius 2 is 1.59 bits per heavy atom. The minimum Gasteiger partial charge on any atom is -0.374 e. The fourth-order valence-electron chi connectivity index (χ4n) is 3.57. The fraction of sp³-hybridized carbons (Fsp3) is 0.348. The van der Waals surface area contributed by atoms with Gasteiger partial charge in [-0.15, -0.1) is 0 Å². The van der Waals surface area contributed by atoms with Crippen LogP contribution in [0.15, 0.2) is 41.6 Å². The molecule has 0 saturated heterocycles. The van der Waals surface area contributed by atoms with E-state index in [1.165, 1.54) is 6.07 Å². The Morgan fingerprint density at radius 3 is 2.13 bits per heavy atom. The predicted octanol–water partition coefficient (Wildman–Crippen LogP) is 6.10. The molecule has 1 heterocycles. The minimum atomic E-state index is -5.16. The summed E-state index contributed by atoms with van der Waals surface area (Å²) in [6, 6.07) is 5.05. The highest BCUT2D eigenvalue weighted by atomic mass is 35.5. The van der Waals surface area contributed by atoms with Crippen molar-refractivity contribution < 1.29 is 49.5 Å². The van der Waals surface area contributed by atoms with E-state index < -0.39 is 83.2 Å². The van der Waals surface area contributed by atoms with E-state index in [-0.39, 0.29) is 10.0 Å². The smallest absolute Gasteiger partial charge is 0.374 e. The van der Waals surface area contributed by atoms with E-state index >= 15 is 0 Å². The van der Waals surface area contributed by atoms with Gasteiger partial charge in [-0.05, 0) is 30.3 Å². The molecule has 1 atom stereocenters. The number of rotatable bonds is 7. The molecule has 0 radical (unpaired) electrons. The quantitative estimate of drug-likeness (QED) is 0.375. The van der Waals surface area contributed by atoms with E-state index in [0.29, 0.717) is 19.1 Å². The lowest BCUT2D eigenvalue weighted by Crippen LogP contribution is -2.42. The van der Waals surface area contributed by atoms with Gasteiger partial charge in [-0.3, -0.25) is 9.59 Å². The molecule has 2 aromatic carbocycles. The summed E-state index contributed by atoms with van der Waals surface area (Å²) in [5, 5.41) is 6.76. The van der Waals surface area contributed by atoms with Crippen LogP contribution < -0.4 is 10.6 Å². The van der Waals surface area contributed by atoms with Crippen LogP contribution in [0.1, 0.15) is 40.4 Å². The Balaban J connectivity index is 1.88. The maximum Gasteiger partial charge on any atom is 0.435 e. The summed E-state index contributed by atoms with van der Waals surface area (Å²) >= 11 is 11.7. The maximum atomic E-state index is 14.2. The van der Waals surface area contributed by atoms with Crippen molar-refractivity contribution in [2.24, 2.45) is 5.16 Å². The molecule has 2 N–H and O–H groups in total. The van der Waals surface area contributed by atoms with Gasteiger partial charge in [0.05, 0.1) is 29.9 Å². The van der Waals surface area contributed by atoms with Gasteiger partial charge in [0.2, 0.25) is 5.91 Å². The van der Waals surface area contributed by atoms with Crippen molar-refractivity contribution in [3.8, 4) is 0 Å². The molecule has 6 nitrogen and oxygen atoms in total. The van der Waals surface area contributed by atoms with E-state index in [1.807, 2.05) is 5.32 Å². The lowest BCUT2D eigenvalue weighted by Gasteiger charge is -2.29. The summed E-state index contributed by atoms with van der Waals surface area (Å²) in [6.07, 6.45) is -11.3. The molecule has 2 aromatic rings. The summed E-state index contributed by atoms with van der Waals surface area (Å²) in [5.74, 6) is -5.72. The van der Waals surface area contributed by atoms with Crippen LogP contribution in [0.25, 0.3) is 0 Å². The van der Waals surface area contributed by atoms with E-state index in [9.17, 15) is 44.7 Å². The van der Waals surface area contributed by atoms with Gasteiger partial charge in [0, 0.05) is 34.5 Å². The number of halogens is 10. The molecule has 0 unspecified atom stereocenters. The second-order valence-corrected chi connectivity index (χ2v) is 9.45. The first-order valence-electron chi connectivity index (χ1n) is 10.7. The van der Waals surface area contributed by atoms with Crippen molar-refractivity contribution >= 4 is 40.7 Å². The first-order valence-corrected chi connectivity index (χ1v) is 11.5. The number of nitrogens with zero attached hydrogens (tertiary/aromatic N) is 1. The second-order valence-electron chi connectivity index (χ2n) is 8.58. The molecular formula is C23H17Cl2F8N3O3. The van der Waals surface area contributed by atoms with E-state index in [1.54, 1.807) is 5.32 Å². The van der Waals surface area contributed by atoms with Gasteiger partial charge >= 0.3 is 12.4 Å². The Labute approximate surface area is 225 Å². The molecule has 2 amide bonds. The van der Waals surface area contributed by atoms with Crippen LogP contribution in [-0.4, -0.2) is 42.7 Å². The number of benzene rings is 2. The standard InChI is InChI=1S/C23H17Cl2F8N3O3/c1-20(26,27)10-35-18(37)9-34-19(38)15-3-2-11(4-16(15)22(28,29)30)17-8-21(39-36-17,23(31,32)33)12-5-13(24)7-14(25)6-12/h2-7H,8-10H2,1H3,(H,34,38)(H,35,37)/t21-/m0/s1. The lowest BCUT2D eigenvalue weighted by molar-refractivity contribution is -0.275. The third-order valence-electron chi connectivity index (χ3n) is 5.42. The van der Waals surface area contributed by atoms with Crippen LogP contribution >= 0.6 is 23.2 Å². The molecule has 0 saturated carbocycles. The fourth-order valence-corrected chi connectivity index (χ4v) is 4.10. The number of hydrogen-bond donors (Lipinski definition) is 2. The molecule has 0 aliphatic carbocycles. The number of carbonyl (C=O) groups is 2. The summed E-state index contributed by atoms with van der Waals surface area (Å²) in [4.78, 5) is 28.8. The SMILES string of the molecule is CC(F)(F)CNC(=O)CNC(=O)c1ccc(C2=NO[C@@](c3cc(Cl)cc(Cl)c3)(C(F)(F)F)C2)cc1C(F)(F)F. The van der Waals surface area contributed by atoms with Gasteiger partial charge in [-0.1, -0.05) is 34.4 Å². The summed E-state index contributed by atoms with van der Waals surface area (Å²) < 4.78 is 110. The van der Waals surface area contributed by atoms with Gasteiger partial charge in [-0.25, -0.2) is 8.78 Å². The second kappa shape index (κ2) is 10.8. The van der Waals surface area contributed by atoms with Crippen molar-refractivity contribution in [1.29, 1.82) is 0 Å². The minimum absolute atomic E-state index is 0.148. The largest absolute Gasteiger partial charge is 0.435 e. The van der Waals surface area contributed by atoms with Crippen LogP contribution in [0.5, 0.6) is 0 Å². The van der Waals surface area contributed by atoms with Crippen LogP contribution in [0.3, 0.4) is 0 Å². The molecule has 0 bridgehead atoms. The topological polar surface area (TPSA) is 79.8 Å². The number of alkyl halides is 8. The zero-order valence-electron chi connectivity index (χ0n) is 19.5.